The van der Waals surface area contributed by atoms with Crippen molar-refractivity contribution in [2.75, 3.05) is 13.1 Å². The minimum absolute atomic E-state index is 0.276. The lowest BCUT2D eigenvalue weighted by Crippen LogP contribution is -2.39. The number of carbonyl (C=O) groups is 1. The zero-order chi connectivity index (χ0) is 19.9. The van der Waals surface area contributed by atoms with E-state index in [1.807, 2.05) is 47.9 Å². The Kier molecular flexibility index (Phi) is 6.35. The zero-order valence-electron chi connectivity index (χ0n) is 16.8. The molecule has 2 aromatic heterocycles. The molecule has 1 amide bonds. The Morgan fingerprint density at radius 2 is 1.86 bits per heavy atom. The molecule has 1 saturated heterocycles. The minimum atomic E-state index is 0.276. The number of carbonyl (C=O) groups excluding carboxylic acids is 1. The van der Waals surface area contributed by atoms with Gasteiger partial charge in [0.15, 0.2) is 0 Å². The highest BCUT2D eigenvalue weighted by Gasteiger charge is 2.27. The second-order valence-electron chi connectivity index (χ2n) is 7.79. The molecule has 1 atom stereocenters. The van der Waals surface area contributed by atoms with Crippen LogP contribution in [0.1, 0.15) is 48.6 Å². The van der Waals surface area contributed by atoms with Gasteiger partial charge in [0.05, 0.1) is 0 Å². The van der Waals surface area contributed by atoms with E-state index in [1.165, 1.54) is 11.1 Å². The number of hydrogen-bond donors (Lipinski definition) is 0. The highest BCUT2D eigenvalue weighted by atomic mass is 16.2. The van der Waals surface area contributed by atoms with Crippen molar-refractivity contribution in [3.8, 4) is 0 Å². The van der Waals surface area contributed by atoms with E-state index in [9.17, 15) is 4.79 Å². The number of piperidine rings is 1. The molecule has 0 saturated carbocycles. The van der Waals surface area contributed by atoms with Gasteiger partial charge in [-0.05, 0) is 48.9 Å². The molecule has 1 fully saturated rings. The Bertz CT molecular complexity index is 907. The first-order chi connectivity index (χ1) is 14.3. The number of aryl methyl sites for hydroxylation is 1. The standard InChI is InChI=1S/C24H28N4O/c29-23(10-4-8-20-6-2-1-3-7-20)27-16-5-9-22(19-27)24-26-15-17-28(24)18-21-11-13-25-14-12-21/h1-3,6-7,11-15,17,22H,4-5,8-10,16,18-19H2/t22-/m0/s1. The first-order valence-electron chi connectivity index (χ1n) is 10.5. The number of imidazole rings is 1. The highest BCUT2D eigenvalue weighted by Crippen LogP contribution is 2.27. The lowest BCUT2D eigenvalue weighted by atomic mass is 9.96. The molecule has 0 N–H and O–H groups in total. The van der Waals surface area contributed by atoms with E-state index < -0.39 is 0 Å². The van der Waals surface area contributed by atoms with Crippen LogP contribution in [0, 0.1) is 0 Å². The summed E-state index contributed by atoms with van der Waals surface area (Å²) in [6, 6.07) is 14.5. The number of likely N-dealkylation sites (tertiary alicyclic amines) is 1. The van der Waals surface area contributed by atoms with Crippen LogP contribution in [-0.4, -0.2) is 38.4 Å². The largest absolute Gasteiger partial charge is 0.342 e. The van der Waals surface area contributed by atoms with Crippen molar-refractivity contribution in [3.63, 3.8) is 0 Å². The number of rotatable bonds is 7. The second kappa shape index (κ2) is 9.50. The van der Waals surface area contributed by atoms with Crippen LogP contribution in [0.4, 0.5) is 0 Å². The van der Waals surface area contributed by atoms with Gasteiger partial charge < -0.3 is 9.47 Å². The maximum atomic E-state index is 12.8. The van der Waals surface area contributed by atoms with Gasteiger partial charge in [0.2, 0.25) is 5.91 Å². The van der Waals surface area contributed by atoms with Crippen molar-refractivity contribution in [3.05, 3.63) is 84.2 Å². The summed E-state index contributed by atoms with van der Waals surface area (Å²) < 4.78 is 2.21. The van der Waals surface area contributed by atoms with E-state index in [1.54, 1.807) is 0 Å². The average molecular weight is 389 g/mol. The minimum Gasteiger partial charge on any atom is -0.342 e. The molecule has 3 aromatic rings. The lowest BCUT2D eigenvalue weighted by molar-refractivity contribution is -0.132. The SMILES string of the molecule is O=C(CCCc1ccccc1)N1CCC[C@H](c2nccn2Cc2ccncc2)C1. The van der Waals surface area contributed by atoms with Gasteiger partial charge in [0.1, 0.15) is 5.82 Å². The molecule has 1 aliphatic heterocycles. The zero-order valence-corrected chi connectivity index (χ0v) is 16.8. The molecule has 5 heteroatoms. The van der Waals surface area contributed by atoms with E-state index in [2.05, 4.69) is 38.8 Å². The molecule has 3 heterocycles. The van der Waals surface area contributed by atoms with E-state index in [-0.39, 0.29) is 5.91 Å². The summed E-state index contributed by atoms with van der Waals surface area (Å²) in [4.78, 5) is 23.5. The fourth-order valence-electron chi connectivity index (χ4n) is 4.16. The third-order valence-electron chi connectivity index (χ3n) is 5.69. The van der Waals surface area contributed by atoms with Gasteiger partial charge in [-0.2, -0.15) is 0 Å². The Morgan fingerprint density at radius 1 is 1.03 bits per heavy atom. The average Bonchev–Trinajstić information content (AvgIpc) is 3.23. The molecule has 0 unspecified atom stereocenters. The Labute approximate surface area is 172 Å². The van der Waals surface area contributed by atoms with Crippen molar-refractivity contribution in [1.29, 1.82) is 0 Å². The Hall–Kier alpha value is -2.95. The second-order valence-corrected chi connectivity index (χ2v) is 7.79. The molecule has 0 spiro atoms. The summed E-state index contributed by atoms with van der Waals surface area (Å²) in [5.41, 5.74) is 2.51. The van der Waals surface area contributed by atoms with Crippen LogP contribution < -0.4 is 0 Å². The molecule has 4 rings (SSSR count). The maximum Gasteiger partial charge on any atom is 0.222 e. The highest BCUT2D eigenvalue weighted by molar-refractivity contribution is 5.76. The van der Waals surface area contributed by atoms with E-state index in [0.717, 1.165) is 51.1 Å². The predicted molar refractivity (Wildman–Crippen MR) is 114 cm³/mol. The summed E-state index contributed by atoms with van der Waals surface area (Å²) in [6.07, 6.45) is 12.2. The smallest absolute Gasteiger partial charge is 0.222 e. The third kappa shape index (κ3) is 5.11. The predicted octanol–water partition coefficient (Wildman–Crippen LogP) is 4.06. The van der Waals surface area contributed by atoms with Crippen molar-refractivity contribution in [2.24, 2.45) is 0 Å². The van der Waals surface area contributed by atoms with Gasteiger partial charge in [0, 0.05) is 56.8 Å². The number of pyridine rings is 1. The molecular formula is C24H28N4O. The van der Waals surface area contributed by atoms with Crippen LogP contribution in [0.25, 0.3) is 0 Å². The van der Waals surface area contributed by atoms with Gasteiger partial charge in [0.25, 0.3) is 0 Å². The van der Waals surface area contributed by atoms with E-state index in [0.29, 0.717) is 12.3 Å². The molecule has 1 aliphatic rings. The maximum absolute atomic E-state index is 12.8. The molecule has 0 radical (unpaired) electrons. The molecule has 150 valence electrons. The molecule has 1 aromatic carbocycles. The lowest BCUT2D eigenvalue weighted by Gasteiger charge is -2.33. The van der Waals surface area contributed by atoms with Crippen LogP contribution in [0.2, 0.25) is 0 Å². The summed E-state index contributed by atoms with van der Waals surface area (Å²) in [5, 5.41) is 0. The first-order valence-corrected chi connectivity index (χ1v) is 10.5. The van der Waals surface area contributed by atoms with Crippen LogP contribution >= 0.6 is 0 Å². The van der Waals surface area contributed by atoms with Crippen LogP contribution in [0.3, 0.4) is 0 Å². The number of amides is 1. The summed E-state index contributed by atoms with van der Waals surface area (Å²) in [5.74, 6) is 1.67. The molecule has 29 heavy (non-hydrogen) atoms. The summed E-state index contributed by atoms with van der Waals surface area (Å²) >= 11 is 0. The van der Waals surface area contributed by atoms with Crippen molar-refractivity contribution in [2.45, 2.75) is 44.6 Å². The molecule has 0 aliphatic carbocycles. The van der Waals surface area contributed by atoms with Crippen molar-refractivity contribution in [1.82, 2.24) is 19.4 Å². The van der Waals surface area contributed by atoms with Crippen molar-refractivity contribution >= 4 is 5.91 Å². The monoisotopic (exact) mass is 388 g/mol. The Morgan fingerprint density at radius 3 is 2.69 bits per heavy atom. The van der Waals surface area contributed by atoms with Gasteiger partial charge in [-0.1, -0.05) is 30.3 Å². The number of benzene rings is 1. The van der Waals surface area contributed by atoms with Gasteiger partial charge in [-0.3, -0.25) is 9.78 Å². The fraction of sp³-hybridized carbons (Fsp3) is 0.375. The van der Waals surface area contributed by atoms with Gasteiger partial charge in [-0.25, -0.2) is 4.98 Å². The molecule has 5 nitrogen and oxygen atoms in total. The topological polar surface area (TPSA) is 51.0 Å². The van der Waals surface area contributed by atoms with E-state index >= 15 is 0 Å². The molecular weight excluding hydrogens is 360 g/mol. The van der Waals surface area contributed by atoms with Crippen LogP contribution in [0.15, 0.2) is 67.3 Å². The third-order valence-corrected chi connectivity index (χ3v) is 5.69. The van der Waals surface area contributed by atoms with E-state index in [4.69, 9.17) is 0 Å². The number of hydrogen-bond acceptors (Lipinski definition) is 3. The normalized spacial score (nSPS) is 16.7. The molecule has 0 bridgehead atoms. The van der Waals surface area contributed by atoms with Crippen LogP contribution in [-0.2, 0) is 17.8 Å². The fourth-order valence-corrected chi connectivity index (χ4v) is 4.16. The Balaban J connectivity index is 1.34. The number of nitrogens with zero attached hydrogens (tertiary/aromatic N) is 4. The first kappa shape index (κ1) is 19.4. The van der Waals surface area contributed by atoms with Crippen molar-refractivity contribution < 1.29 is 4.79 Å². The van der Waals surface area contributed by atoms with Gasteiger partial charge in [-0.15, -0.1) is 0 Å². The summed E-state index contributed by atoms with van der Waals surface area (Å²) in [6.45, 7) is 2.43. The summed E-state index contributed by atoms with van der Waals surface area (Å²) in [7, 11) is 0. The van der Waals surface area contributed by atoms with Gasteiger partial charge >= 0.3 is 0 Å². The quantitative estimate of drug-likeness (QED) is 0.613. The van der Waals surface area contributed by atoms with Crippen LogP contribution in [0.5, 0.6) is 0 Å². The number of aromatic nitrogens is 3.